The van der Waals surface area contributed by atoms with Crippen molar-refractivity contribution in [1.82, 2.24) is 19.7 Å². The van der Waals surface area contributed by atoms with E-state index in [1.807, 2.05) is 46.3 Å². The first-order chi connectivity index (χ1) is 14.7. The number of carbonyl (C=O) groups is 2. The zero-order valence-corrected chi connectivity index (χ0v) is 17.2. The summed E-state index contributed by atoms with van der Waals surface area (Å²) < 4.78 is 1.99. The van der Waals surface area contributed by atoms with Gasteiger partial charge in [0.1, 0.15) is 4.83 Å². The highest BCUT2D eigenvalue weighted by Crippen LogP contribution is 2.28. The molecule has 1 aromatic carbocycles. The average molecular weight is 434 g/mol. The van der Waals surface area contributed by atoms with Crippen LogP contribution in [0.3, 0.4) is 0 Å². The predicted octanol–water partition coefficient (Wildman–Crippen LogP) is 4.19. The highest BCUT2D eigenvalue weighted by molar-refractivity contribution is 7.21. The van der Waals surface area contributed by atoms with Crippen LogP contribution in [-0.4, -0.2) is 26.2 Å². The van der Waals surface area contributed by atoms with Gasteiger partial charge in [-0.3, -0.25) is 19.0 Å². The molecule has 9 heteroatoms. The van der Waals surface area contributed by atoms with Crippen LogP contribution >= 0.6 is 22.7 Å². The van der Waals surface area contributed by atoms with Gasteiger partial charge in [0.25, 0.3) is 11.8 Å². The SMILES string of the molecule is O=C(Nc1cccc(CNC(=O)c2cc3c(nc4sccn43)s2)c1)c1ccncc1. The van der Waals surface area contributed by atoms with Crippen molar-refractivity contribution in [2.24, 2.45) is 0 Å². The number of rotatable bonds is 5. The number of anilines is 1. The third-order valence-corrected chi connectivity index (χ3v) is 6.32. The zero-order valence-electron chi connectivity index (χ0n) is 15.5. The van der Waals surface area contributed by atoms with Gasteiger partial charge in [0, 0.05) is 41.8 Å². The van der Waals surface area contributed by atoms with E-state index in [9.17, 15) is 9.59 Å². The van der Waals surface area contributed by atoms with Crippen molar-refractivity contribution in [3.63, 3.8) is 0 Å². The van der Waals surface area contributed by atoms with Gasteiger partial charge >= 0.3 is 0 Å². The minimum atomic E-state index is -0.208. The molecule has 0 bridgehead atoms. The molecule has 0 aliphatic carbocycles. The molecule has 0 spiro atoms. The van der Waals surface area contributed by atoms with E-state index in [-0.39, 0.29) is 11.8 Å². The standard InChI is InChI=1S/C21H15N5O2S2/c27-18(14-4-6-22-7-5-14)24-15-3-1-2-13(10-15)12-23-19(28)17-11-16-20(30-17)25-21-26(16)8-9-29-21/h1-11H,12H2,(H,23,28)(H,24,27). The molecule has 0 saturated heterocycles. The Bertz CT molecular complexity index is 1370. The van der Waals surface area contributed by atoms with E-state index < -0.39 is 0 Å². The molecule has 5 rings (SSSR count). The minimum absolute atomic E-state index is 0.145. The number of hydrogen-bond acceptors (Lipinski definition) is 6. The number of thiazole rings is 1. The number of benzene rings is 1. The van der Waals surface area contributed by atoms with Crippen molar-refractivity contribution in [3.8, 4) is 0 Å². The quantitative estimate of drug-likeness (QED) is 0.435. The number of aromatic nitrogens is 3. The Hall–Kier alpha value is -3.56. The smallest absolute Gasteiger partial charge is 0.261 e. The zero-order chi connectivity index (χ0) is 20.5. The summed E-state index contributed by atoms with van der Waals surface area (Å²) in [4.78, 5) is 35.7. The van der Waals surface area contributed by atoms with Crippen LogP contribution < -0.4 is 10.6 Å². The Labute approximate surface area is 179 Å². The summed E-state index contributed by atoms with van der Waals surface area (Å²) in [5.41, 5.74) is 3.03. The number of imidazole rings is 1. The molecule has 0 aliphatic rings. The summed E-state index contributed by atoms with van der Waals surface area (Å²) >= 11 is 2.95. The van der Waals surface area contributed by atoms with Gasteiger partial charge in [0.2, 0.25) is 0 Å². The van der Waals surface area contributed by atoms with Crippen LogP contribution in [0, 0.1) is 0 Å². The second kappa shape index (κ2) is 7.69. The number of nitrogens with one attached hydrogen (secondary N) is 2. The third kappa shape index (κ3) is 3.56. The van der Waals surface area contributed by atoms with Crippen LogP contribution in [0.5, 0.6) is 0 Å². The molecule has 0 fully saturated rings. The largest absolute Gasteiger partial charge is 0.347 e. The second-order valence-corrected chi connectivity index (χ2v) is 8.45. The van der Waals surface area contributed by atoms with Gasteiger partial charge in [0.05, 0.1) is 10.4 Å². The number of nitrogens with zero attached hydrogens (tertiary/aromatic N) is 3. The minimum Gasteiger partial charge on any atom is -0.347 e. The van der Waals surface area contributed by atoms with E-state index in [4.69, 9.17) is 0 Å². The molecule has 0 unspecified atom stereocenters. The van der Waals surface area contributed by atoms with Gasteiger partial charge in [-0.05, 0) is 35.9 Å². The summed E-state index contributed by atoms with van der Waals surface area (Å²) in [5.74, 6) is -0.353. The fraction of sp³-hybridized carbons (Fsp3) is 0.0476. The molecule has 30 heavy (non-hydrogen) atoms. The van der Waals surface area contributed by atoms with Crippen LogP contribution in [0.4, 0.5) is 5.69 Å². The fourth-order valence-electron chi connectivity index (χ4n) is 3.09. The monoisotopic (exact) mass is 433 g/mol. The number of fused-ring (bicyclic) bond motifs is 3. The van der Waals surface area contributed by atoms with Gasteiger partial charge in [-0.15, -0.1) is 22.7 Å². The summed E-state index contributed by atoms with van der Waals surface area (Å²) in [7, 11) is 0. The van der Waals surface area contributed by atoms with E-state index in [1.165, 1.54) is 11.3 Å². The molecule has 0 radical (unpaired) electrons. The number of amides is 2. The van der Waals surface area contributed by atoms with Crippen molar-refractivity contribution in [2.45, 2.75) is 6.54 Å². The van der Waals surface area contributed by atoms with Gasteiger partial charge in [0.15, 0.2) is 4.96 Å². The van der Waals surface area contributed by atoms with Crippen molar-refractivity contribution < 1.29 is 9.59 Å². The van der Waals surface area contributed by atoms with Crippen LogP contribution in [-0.2, 0) is 6.54 Å². The Morgan fingerprint density at radius 3 is 2.80 bits per heavy atom. The molecule has 0 atom stereocenters. The van der Waals surface area contributed by atoms with Gasteiger partial charge in [-0.25, -0.2) is 4.98 Å². The molecular formula is C21H15N5O2S2. The molecule has 148 valence electrons. The summed E-state index contributed by atoms with van der Waals surface area (Å²) in [6.45, 7) is 0.356. The number of pyridine rings is 1. The molecule has 0 saturated carbocycles. The van der Waals surface area contributed by atoms with Crippen molar-refractivity contribution in [3.05, 3.63) is 82.4 Å². The van der Waals surface area contributed by atoms with E-state index in [1.54, 1.807) is 35.9 Å². The summed E-state index contributed by atoms with van der Waals surface area (Å²) in [6, 6.07) is 12.6. The highest BCUT2D eigenvalue weighted by atomic mass is 32.1. The fourth-order valence-corrected chi connectivity index (χ4v) is 4.81. The number of hydrogen-bond donors (Lipinski definition) is 2. The Kier molecular flexibility index (Phi) is 4.74. The first-order valence-electron chi connectivity index (χ1n) is 9.11. The first kappa shape index (κ1) is 18.5. The Morgan fingerprint density at radius 2 is 1.93 bits per heavy atom. The van der Waals surface area contributed by atoms with E-state index in [0.29, 0.717) is 22.7 Å². The van der Waals surface area contributed by atoms with E-state index in [0.717, 1.165) is 20.9 Å². The average Bonchev–Trinajstić information content (AvgIpc) is 3.45. The van der Waals surface area contributed by atoms with E-state index >= 15 is 0 Å². The van der Waals surface area contributed by atoms with Gasteiger partial charge < -0.3 is 10.6 Å². The molecule has 0 aliphatic heterocycles. The maximum atomic E-state index is 12.6. The maximum Gasteiger partial charge on any atom is 0.261 e. The summed E-state index contributed by atoms with van der Waals surface area (Å²) in [5, 5.41) is 7.77. The lowest BCUT2D eigenvalue weighted by atomic mass is 10.2. The molecule has 2 N–H and O–H groups in total. The van der Waals surface area contributed by atoms with Crippen molar-refractivity contribution >= 4 is 55.5 Å². The van der Waals surface area contributed by atoms with Crippen LogP contribution in [0.25, 0.3) is 15.3 Å². The molecule has 5 aromatic rings. The Morgan fingerprint density at radius 1 is 1.07 bits per heavy atom. The molecule has 7 nitrogen and oxygen atoms in total. The molecule has 4 aromatic heterocycles. The van der Waals surface area contributed by atoms with Crippen molar-refractivity contribution in [2.75, 3.05) is 5.32 Å². The van der Waals surface area contributed by atoms with E-state index in [2.05, 4.69) is 20.6 Å². The van der Waals surface area contributed by atoms with Crippen LogP contribution in [0.1, 0.15) is 25.6 Å². The lowest BCUT2D eigenvalue weighted by Crippen LogP contribution is -2.22. The molecule has 4 heterocycles. The first-order valence-corrected chi connectivity index (χ1v) is 10.8. The number of thiophene rings is 1. The van der Waals surface area contributed by atoms with Gasteiger partial charge in [-0.2, -0.15) is 0 Å². The number of carbonyl (C=O) groups excluding carboxylic acids is 2. The second-order valence-electron chi connectivity index (χ2n) is 6.54. The highest BCUT2D eigenvalue weighted by Gasteiger charge is 2.15. The lowest BCUT2D eigenvalue weighted by molar-refractivity contribution is 0.0954. The predicted molar refractivity (Wildman–Crippen MR) is 118 cm³/mol. The summed E-state index contributed by atoms with van der Waals surface area (Å²) in [6.07, 6.45) is 5.11. The van der Waals surface area contributed by atoms with Gasteiger partial charge in [-0.1, -0.05) is 12.1 Å². The topological polar surface area (TPSA) is 88.4 Å². The van der Waals surface area contributed by atoms with Crippen LogP contribution in [0.15, 0.2) is 66.4 Å². The lowest BCUT2D eigenvalue weighted by Gasteiger charge is -2.08. The van der Waals surface area contributed by atoms with Crippen LogP contribution in [0.2, 0.25) is 0 Å². The normalized spacial score (nSPS) is 11.1. The Balaban J connectivity index is 1.26. The van der Waals surface area contributed by atoms with Crippen molar-refractivity contribution in [1.29, 1.82) is 0 Å². The molecule has 2 amide bonds. The molecular weight excluding hydrogens is 418 g/mol. The third-order valence-electron chi connectivity index (χ3n) is 4.54. The maximum absolute atomic E-state index is 12.6.